The Morgan fingerprint density at radius 3 is 2.61 bits per heavy atom. The number of benzene rings is 2. The summed E-state index contributed by atoms with van der Waals surface area (Å²) in [6, 6.07) is 15.3. The highest BCUT2D eigenvalue weighted by Crippen LogP contribution is 2.20. The second kappa shape index (κ2) is 8.52. The molecule has 2 heterocycles. The van der Waals surface area contributed by atoms with E-state index in [1.54, 1.807) is 19.2 Å². The van der Waals surface area contributed by atoms with Gasteiger partial charge in [0.2, 0.25) is 0 Å². The van der Waals surface area contributed by atoms with E-state index in [9.17, 15) is 13.2 Å². The van der Waals surface area contributed by atoms with Gasteiger partial charge >= 0.3 is 5.76 Å². The predicted molar refractivity (Wildman–Crippen MR) is 117 cm³/mol. The highest BCUT2D eigenvalue weighted by molar-refractivity contribution is 7.92. The standard InChI is InChI=1S/C21H20N4O5S/c1-29-16-5-2-14(3-6-16)10-11-22-20-9-4-15(13-23-20)25-31(27,28)17-7-8-18-19(12-17)30-21(26)24-18/h2-9,12-13,25H,10-11H2,1H3,(H,22,23)(H,24,26). The molecule has 4 aromatic rings. The monoisotopic (exact) mass is 440 g/mol. The van der Waals surface area contributed by atoms with E-state index in [2.05, 4.69) is 20.0 Å². The molecule has 0 aliphatic carbocycles. The lowest BCUT2D eigenvalue weighted by Gasteiger charge is -2.10. The number of nitrogens with zero attached hydrogens (tertiary/aromatic N) is 1. The van der Waals surface area contributed by atoms with Crippen molar-refractivity contribution in [3.63, 3.8) is 0 Å². The number of fused-ring (bicyclic) bond motifs is 1. The molecule has 10 heteroatoms. The Bertz CT molecular complexity index is 1340. The summed E-state index contributed by atoms with van der Waals surface area (Å²) in [5.74, 6) is 0.803. The molecule has 0 amide bonds. The van der Waals surface area contributed by atoms with Gasteiger partial charge < -0.3 is 14.5 Å². The second-order valence-corrected chi connectivity index (χ2v) is 8.42. The molecule has 160 valence electrons. The van der Waals surface area contributed by atoms with Crippen molar-refractivity contribution in [3.05, 3.63) is 76.9 Å². The van der Waals surface area contributed by atoms with Crippen molar-refractivity contribution >= 4 is 32.6 Å². The summed E-state index contributed by atoms with van der Waals surface area (Å²) in [4.78, 5) is 17.9. The molecule has 0 atom stereocenters. The molecule has 0 unspecified atom stereocenters. The van der Waals surface area contributed by atoms with Gasteiger partial charge in [-0.15, -0.1) is 0 Å². The second-order valence-electron chi connectivity index (χ2n) is 6.73. The van der Waals surface area contributed by atoms with Gasteiger partial charge in [0, 0.05) is 12.6 Å². The molecule has 0 saturated carbocycles. The molecular weight excluding hydrogens is 420 g/mol. The zero-order valence-corrected chi connectivity index (χ0v) is 17.4. The Labute approximate surface area is 178 Å². The molecular formula is C21H20N4O5S. The molecule has 2 aromatic carbocycles. The van der Waals surface area contributed by atoms with Gasteiger partial charge in [-0.2, -0.15) is 0 Å². The summed E-state index contributed by atoms with van der Waals surface area (Å²) in [7, 11) is -2.23. The van der Waals surface area contributed by atoms with Gasteiger partial charge in [0.15, 0.2) is 5.58 Å². The summed E-state index contributed by atoms with van der Waals surface area (Å²) < 4.78 is 37.8. The van der Waals surface area contributed by atoms with Crippen molar-refractivity contribution in [2.24, 2.45) is 0 Å². The van der Waals surface area contributed by atoms with Crippen LogP contribution in [0.1, 0.15) is 5.56 Å². The summed E-state index contributed by atoms with van der Waals surface area (Å²) >= 11 is 0. The molecule has 0 bridgehead atoms. The number of aromatic amines is 1. The summed E-state index contributed by atoms with van der Waals surface area (Å²) in [6.45, 7) is 0.673. The number of methoxy groups -OCH3 is 1. The summed E-state index contributed by atoms with van der Waals surface area (Å²) in [5.41, 5.74) is 2.07. The maximum absolute atomic E-state index is 12.6. The number of oxazole rings is 1. The van der Waals surface area contributed by atoms with Gasteiger partial charge in [-0.1, -0.05) is 12.1 Å². The maximum Gasteiger partial charge on any atom is 0.417 e. The number of hydrogen-bond donors (Lipinski definition) is 3. The minimum absolute atomic E-state index is 0.0237. The summed E-state index contributed by atoms with van der Waals surface area (Å²) in [6.07, 6.45) is 2.24. The molecule has 0 saturated heterocycles. The SMILES string of the molecule is COc1ccc(CCNc2ccc(NS(=O)(=O)c3ccc4[nH]c(=O)oc4c3)cn2)cc1. The number of pyridine rings is 1. The van der Waals surface area contributed by atoms with Crippen LogP contribution in [0.2, 0.25) is 0 Å². The lowest BCUT2D eigenvalue weighted by atomic mass is 10.1. The van der Waals surface area contributed by atoms with Crippen molar-refractivity contribution in [1.82, 2.24) is 9.97 Å². The first-order chi connectivity index (χ1) is 14.9. The molecule has 3 N–H and O–H groups in total. The molecule has 0 fully saturated rings. The molecule has 9 nitrogen and oxygen atoms in total. The largest absolute Gasteiger partial charge is 0.497 e. The van der Waals surface area contributed by atoms with Crippen LogP contribution in [-0.2, 0) is 16.4 Å². The predicted octanol–water partition coefficient (Wildman–Crippen LogP) is 2.98. The number of H-pyrrole nitrogens is 1. The van der Waals surface area contributed by atoms with E-state index in [1.165, 1.54) is 24.4 Å². The summed E-state index contributed by atoms with van der Waals surface area (Å²) in [5, 5.41) is 3.20. The number of rotatable bonds is 8. The number of hydrogen-bond acceptors (Lipinski definition) is 7. The van der Waals surface area contributed by atoms with Crippen LogP contribution in [0.15, 0.2) is 74.9 Å². The van der Waals surface area contributed by atoms with Gasteiger partial charge in [0.1, 0.15) is 11.6 Å². The van der Waals surface area contributed by atoms with Crippen LogP contribution in [-0.4, -0.2) is 32.0 Å². The van der Waals surface area contributed by atoms with Gasteiger partial charge in [0.05, 0.1) is 29.4 Å². The molecule has 0 spiro atoms. The Morgan fingerprint density at radius 1 is 1.10 bits per heavy atom. The third-order valence-electron chi connectivity index (χ3n) is 4.60. The Balaban J connectivity index is 1.37. The van der Waals surface area contributed by atoms with Gasteiger partial charge in [0.25, 0.3) is 10.0 Å². The quantitative estimate of drug-likeness (QED) is 0.384. The molecule has 0 aliphatic rings. The lowest BCUT2D eigenvalue weighted by Crippen LogP contribution is -2.13. The maximum atomic E-state index is 12.6. The molecule has 4 rings (SSSR count). The van der Waals surface area contributed by atoms with Crippen molar-refractivity contribution in [2.75, 3.05) is 23.7 Å². The smallest absolute Gasteiger partial charge is 0.417 e. The van der Waals surface area contributed by atoms with E-state index >= 15 is 0 Å². The van der Waals surface area contributed by atoms with Crippen LogP contribution in [0.25, 0.3) is 11.1 Å². The van der Waals surface area contributed by atoms with Gasteiger partial charge in [-0.05, 0) is 48.4 Å². The molecule has 2 aromatic heterocycles. The molecule has 0 aliphatic heterocycles. The van der Waals surface area contributed by atoms with E-state index < -0.39 is 15.8 Å². The van der Waals surface area contributed by atoms with E-state index in [-0.39, 0.29) is 10.5 Å². The minimum atomic E-state index is -3.86. The van der Waals surface area contributed by atoms with Crippen LogP contribution >= 0.6 is 0 Å². The fraction of sp³-hybridized carbons (Fsp3) is 0.143. The first kappa shape index (κ1) is 20.5. The average molecular weight is 440 g/mol. The van der Waals surface area contributed by atoms with E-state index in [1.807, 2.05) is 24.3 Å². The van der Waals surface area contributed by atoms with Crippen LogP contribution in [0, 0.1) is 0 Å². The Kier molecular flexibility index (Phi) is 5.63. The number of nitrogens with one attached hydrogen (secondary N) is 3. The van der Waals surface area contributed by atoms with E-state index in [0.717, 1.165) is 17.7 Å². The topological polar surface area (TPSA) is 126 Å². The highest BCUT2D eigenvalue weighted by Gasteiger charge is 2.16. The minimum Gasteiger partial charge on any atom is -0.497 e. The molecule has 0 radical (unpaired) electrons. The van der Waals surface area contributed by atoms with Crippen molar-refractivity contribution in [2.45, 2.75) is 11.3 Å². The number of ether oxygens (including phenoxy) is 1. The third-order valence-corrected chi connectivity index (χ3v) is 5.98. The highest BCUT2D eigenvalue weighted by atomic mass is 32.2. The van der Waals surface area contributed by atoms with Crippen molar-refractivity contribution in [1.29, 1.82) is 0 Å². The number of aromatic nitrogens is 2. The Morgan fingerprint density at radius 2 is 1.90 bits per heavy atom. The third kappa shape index (κ3) is 4.86. The lowest BCUT2D eigenvalue weighted by molar-refractivity contribution is 0.414. The van der Waals surface area contributed by atoms with E-state index in [4.69, 9.17) is 9.15 Å². The zero-order chi connectivity index (χ0) is 21.8. The van der Waals surface area contributed by atoms with E-state index in [0.29, 0.717) is 23.6 Å². The number of anilines is 2. The fourth-order valence-corrected chi connectivity index (χ4v) is 4.05. The zero-order valence-electron chi connectivity index (χ0n) is 16.6. The first-order valence-electron chi connectivity index (χ1n) is 9.41. The normalized spacial score (nSPS) is 11.4. The van der Waals surface area contributed by atoms with Crippen molar-refractivity contribution < 1.29 is 17.6 Å². The number of sulfonamides is 1. The Hall–Kier alpha value is -3.79. The van der Waals surface area contributed by atoms with Crippen LogP contribution in [0.3, 0.4) is 0 Å². The van der Waals surface area contributed by atoms with Crippen LogP contribution in [0.5, 0.6) is 5.75 Å². The van der Waals surface area contributed by atoms with Gasteiger partial charge in [-0.25, -0.2) is 18.2 Å². The van der Waals surface area contributed by atoms with Crippen LogP contribution in [0.4, 0.5) is 11.5 Å². The van der Waals surface area contributed by atoms with Crippen molar-refractivity contribution in [3.8, 4) is 5.75 Å². The average Bonchev–Trinajstić information content (AvgIpc) is 3.14. The van der Waals surface area contributed by atoms with Crippen LogP contribution < -0.4 is 20.5 Å². The molecule has 31 heavy (non-hydrogen) atoms. The fourth-order valence-electron chi connectivity index (χ4n) is 2.99. The first-order valence-corrected chi connectivity index (χ1v) is 10.9. The van der Waals surface area contributed by atoms with Gasteiger partial charge in [-0.3, -0.25) is 9.71 Å².